The van der Waals surface area contributed by atoms with E-state index in [1.54, 1.807) is 23.6 Å². The van der Waals surface area contributed by atoms with Crippen molar-refractivity contribution in [3.05, 3.63) is 50.6 Å². The first-order valence-electron chi connectivity index (χ1n) is 5.23. The lowest BCUT2D eigenvalue weighted by Gasteiger charge is -2.12. The molecule has 0 radical (unpaired) electrons. The molecule has 0 aliphatic carbocycles. The van der Waals surface area contributed by atoms with Crippen LogP contribution in [0, 0.1) is 5.82 Å². The Morgan fingerprint density at radius 3 is 3.06 bits per heavy atom. The molecule has 2 nitrogen and oxygen atoms in total. The largest absolute Gasteiger partial charge is 0.304 e. The zero-order valence-electron chi connectivity index (χ0n) is 9.28. The van der Waals surface area contributed by atoms with Crippen LogP contribution in [0.3, 0.4) is 0 Å². The van der Waals surface area contributed by atoms with Crippen molar-refractivity contribution in [1.29, 1.82) is 0 Å². The van der Waals surface area contributed by atoms with E-state index in [1.807, 2.05) is 12.3 Å². The molecule has 1 atom stereocenters. The van der Waals surface area contributed by atoms with Crippen LogP contribution in [0.25, 0.3) is 0 Å². The summed E-state index contributed by atoms with van der Waals surface area (Å²) in [4.78, 5) is 4.24. The molecule has 0 spiro atoms. The van der Waals surface area contributed by atoms with Crippen molar-refractivity contribution in [1.82, 2.24) is 10.3 Å². The highest BCUT2D eigenvalue weighted by atomic mass is 79.9. The summed E-state index contributed by atoms with van der Waals surface area (Å²) >= 11 is 5.02. The Morgan fingerprint density at radius 1 is 1.53 bits per heavy atom. The molecular formula is C12H12BrFN2S. The second-order valence-corrected chi connectivity index (χ2v) is 5.49. The zero-order valence-corrected chi connectivity index (χ0v) is 11.7. The average Bonchev–Trinajstić information content (AvgIpc) is 2.83. The molecule has 0 bridgehead atoms. The number of aromatic nitrogens is 1. The molecule has 0 fully saturated rings. The number of nitrogens with zero attached hydrogens (tertiary/aromatic N) is 1. The highest BCUT2D eigenvalue weighted by molar-refractivity contribution is 9.10. The topological polar surface area (TPSA) is 24.9 Å². The Balaban J connectivity index is 2.00. The van der Waals surface area contributed by atoms with Gasteiger partial charge >= 0.3 is 0 Å². The van der Waals surface area contributed by atoms with Gasteiger partial charge in [0.1, 0.15) is 10.8 Å². The van der Waals surface area contributed by atoms with E-state index in [2.05, 4.69) is 26.2 Å². The van der Waals surface area contributed by atoms with Crippen LogP contribution in [0.4, 0.5) is 4.39 Å². The van der Waals surface area contributed by atoms with Crippen molar-refractivity contribution in [3.8, 4) is 0 Å². The van der Waals surface area contributed by atoms with Crippen molar-refractivity contribution in [2.75, 3.05) is 0 Å². The molecule has 2 aromatic rings. The maximum atomic E-state index is 13.1. The highest BCUT2D eigenvalue weighted by Gasteiger charge is 2.08. The summed E-state index contributed by atoms with van der Waals surface area (Å²) in [5.41, 5.74) is 0.911. The van der Waals surface area contributed by atoms with Crippen molar-refractivity contribution >= 4 is 27.3 Å². The predicted molar refractivity (Wildman–Crippen MR) is 71.5 cm³/mol. The molecule has 1 aromatic heterocycles. The van der Waals surface area contributed by atoms with Crippen LogP contribution < -0.4 is 5.32 Å². The van der Waals surface area contributed by atoms with Gasteiger partial charge < -0.3 is 5.32 Å². The van der Waals surface area contributed by atoms with Gasteiger partial charge in [-0.15, -0.1) is 11.3 Å². The summed E-state index contributed by atoms with van der Waals surface area (Å²) < 4.78 is 14.0. The Hall–Kier alpha value is -0.780. The molecule has 0 saturated heterocycles. The van der Waals surface area contributed by atoms with Gasteiger partial charge in [-0.25, -0.2) is 9.37 Å². The Kier molecular flexibility index (Phi) is 4.25. The molecule has 17 heavy (non-hydrogen) atoms. The molecule has 0 aliphatic heterocycles. The number of thiazole rings is 1. The maximum Gasteiger partial charge on any atom is 0.123 e. The average molecular weight is 315 g/mol. The van der Waals surface area contributed by atoms with Gasteiger partial charge in [0.15, 0.2) is 0 Å². The third kappa shape index (κ3) is 3.34. The Labute approximate surface area is 112 Å². The Bertz CT molecular complexity index is 487. The molecule has 0 amide bonds. The van der Waals surface area contributed by atoms with E-state index in [1.165, 1.54) is 12.1 Å². The third-order valence-corrected chi connectivity index (χ3v) is 4.16. The first kappa shape index (κ1) is 12.7. The third-order valence-electron chi connectivity index (χ3n) is 2.43. The standard InChI is InChI=1S/C12H12BrFN2S/c1-8(12-15-4-5-17-12)16-7-9-6-10(14)2-3-11(9)13/h2-6,8,16H,7H2,1H3. The van der Waals surface area contributed by atoms with Crippen LogP contribution in [0.1, 0.15) is 23.5 Å². The van der Waals surface area contributed by atoms with Gasteiger partial charge in [0, 0.05) is 22.6 Å². The number of halogens is 2. The quantitative estimate of drug-likeness (QED) is 0.926. The lowest BCUT2D eigenvalue weighted by Crippen LogP contribution is -2.18. The normalized spacial score (nSPS) is 12.6. The summed E-state index contributed by atoms with van der Waals surface area (Å²) in [7, 11) is 0. The van der Waals surface area contributed by atoms with Gasteiger partial charge in [0.05, 0.1) is 6.04 Å². The minimum atomic E-state index is -0.216. The fraction of sp³-hybridized carbons (Fsp3) is 0.250. The van der Waals surface area contributed by atoms with Crippen molar-refractivity contribution < 1.29 is 4.39 Å². The molecule has 1 aromatic carbocycles. The van der Waals surface area contributed by atoms with Crippen molar-refractivity contribution in [2.24, 2.45) is 0 Å². The van der Waals surface area contributed by atoms with Gasteiger partial charge in [-0.2, -0.15) is 0 Å². The van der Waals surface area contributed by atoms with Crippen molar-refractivity contribution in [3.63, 3.8) is 0 Å². The van der Waals surface area contributed by atoms with Crippen LogP contribution in [-0.2, 0) is 6.54 Å². The van der Waals surface area contributed by atoms with E-state index in [0.717, 1.165) is 15.0 Å². The minimum Gasteiger partial charge on any atom is -0.304 e. The monoisotopic (exact) mass is 314 g/mol. The van der Waals surface area contributed by atoms with E-state index in [9.17, 15) is 4.39 Å². The summed E-state index contributed by atoms with van der Waals surface area (Å²) in [6.45, 7) is 2.66. The number of benzene rings is 1. The zero-order chi connectivity index (χ0) is 12.3. The van der Waals surface area contributed by atoms with Crippen LogP contribution in [-0.4, -0.2) is 4.98 Å². The number of rotatable bonds is 4. The molecule has 5 heteroatoms. The lowest BCUT2D eigenvalue weighted by molar-refractivity contribution is 0.565. The fourth-order valence-electron chi connectivity index (χ4n) is 1.48. The van der Waals surface area contributed by atoms with Crippen LogP contribution in [0.2, 0.25) is 0 Å². The van der Waals surface area contributed by atoms with E-state index in [-0.39, 0.29) is 11.9 Å². The molecule has 1 unspecified atom stereocenters. The number of nitrogens with one attached hydrogen (secondary N) is 1. The van der Waals surface area contributed by atoms with E-state index >= 15 is 0 Å². The first-order valence-corrected chi connectivity index (χ1v) is 6.91. The fourth-order valence-corrected chi connectivity index (χ4v) is 2.53. The molecular weight excluding hydrogens is 303 g/mol. The summed E-state index contributed by atoms with van der Waals surface area (Å²) in [5.74, 6) is -0.216. The molecule has 1 heterocycles. The summed E-state index contributed by atoms with van der Waals surface area (Å²) in [6.07, 6.45) is 1.79. The summed E-state index contributed by atoms with van der Waals surface area (Å²) in [6, 6.07) is 4.87. The van der Waals surface area contributed by atoms with E-state index in [0.29, 0.717) is 6.54 Å². The van der Waals surface area contributed by atoms with E-state index < -0.39 is 0 Å². The van der Waals surface area contributed by atoms with Gasteiger partial charge in [0.25, 0.3) is 0 Å². The predicted octanol–water partition coefficient (Wildman–Crippen LogP) is 3.90. The van der Waals surface area contributed by atoms with Crippen molar-refractivity contribution in [2.45, 2.75) is 19.5 Å². The maximum absolute atomic E-state index is 13.1. The molecule has 2 rings (SSSR count). The van der Waals surface area contributed by atoms with Gasteiger partial charge in [-0.1, -0.05) is 15.9 Å². The second kappa shape index (κ2) is 5.71. The van der Waals surface area contributed by atoms with Gasteiger partial charge in [-0.3, -0.25) is 0 Å². The Morgan fingerprint density at radius 2 is 2.35 bits per heavy atom. The number of hydrogen-bond acceptors (Lipinski definition) is 3. The number of hydrogen-bond donors (Lipinski definition) is 1. The SMILES string of the molecule is CC(NCc1cc(F)ccc1Br)c1nccs1. The van der Waals surface area contributed by atoms with Crippen LogP contribution in [0.5, 0.6) is 0 Å². The summed E-state index contributed by atoms with van der Waals surface area (Å²) in [5, 5.41) is 6.31. The minimum absolute atomic E-state index is 0.171. The van der Waals surface area contributed by atoms with Gasteiger partial charge in [0.2, 0.25) is 0 Å². The van der Waals surface area contributed by atoms with Gasteiger partial charge in [-0.05, 0) is 30.7 Å². The highest BCUT2D eigenvalue weighted by Crippen LogP contribution is 2.20. The smallest absolute Gasteiger partial charge is 0.123 e. The van der Waals surface area contributed by atoms with Crippen LogP contribution >= 0.6 is 27.3 Å². The molecule has 90 valence electrons. The molecule has 0 aliphatic rings. The van der Waals surface area contributed by atoms with E-state index in [4.69, 9.17) is 0 Å². The first-order chi connectivity index (χ1) is 8.16. The molecule has 1 N–H and O–H groups in total. The lowest BCUT2D eigenvalue weighted by atomic mass is 10.2. The van der Waals surface area contributed by atoms with Crippen LogP contribution in [0.15, 0.2) is 34.2 Å². The molecule has 0 saturated carbocycles. The second-order valence-electron chi connectivity index (χ2n) is 3.71.